The molecule has 0 unspecified atom stereocenters. The van der Waals surface area contributed by atoms with Crippen LogP contribution in [0.2, 0.25) is 0 Å². The van der Waals surface area contributed by atoms with Crippen molar-refractivity contribution in [1.82, 2.24) is 9.78 Å². The number of benzene rings is 2. The molecule has 5 nitrogen and oxygen atoms in total. The van der Waals surface area contributed by atoms with E-state index in [1.54, 1.807) is 13.3 Å². The zero-order valence-electron chi connectivity index (χ0n) is 13.3. The normalized spacial score (nSPS) is 10.2. The highest BCUT2D eigenvalue weighted by molar-refractivity contribution is 7.80. The summed E-state index contributed by atoms with van der Waals surface area (Å²) in [6.07, 6.45) is 3.66. The van der Waals surface area contributed by atoms with E-state index in [4.69, 9.17) is 17.0 Å². The molecule has 0 atom stereocenters. The number of ether oxygens (including phenoxy) is 1. The smallest absolute Gasteiger partial charge is 0.175 e. The average Bonchev–Trinajstić information content (AvgIpc) is 3.02. The van der Waals surface area contributed by atoms with Crippen LogP contribution in [0.1, 0.15) is 5.56 Å². The third kappa shape index (κ3) is 4.33. The third-order valence-corrected chi connectivity index (χ3v) is 3.61. The van der Waals surface area contributed by atoms with Crippen LogP contribution in [0.15, 0.2) is 67.0 Å². The van der Waals surface area contributed by atoms with Gasteiger partial charge in [0, 0.05) is 11.9 Å². The number of rotatable bonds is 5. The van der Waals surface area contributed by atoms with E-state index in [-0.39, 0.29) is 0 Å². The molecule has 2 aromatic carbocycles. The largest absolute Gasteiger partial charge is 0.497 e. The molecule has 0 aliphatic heterocycles. The van der Waals surface area contributed by atoms with Crippen LogP contribution >= 0.6 is 12.2 Å². The SMILES string of the molecule is COc1cccc(Cn2cc(NC(=S)Nc3ccccc3)cn2)c1. The van der Waals surface area contributed by atoms with Gasteiger partial charge in [0.1, 0.15) is 5.75 Å². The molecule has 6 heteroatoms. The van der Waals surface area contributed by atoms with E-state index in [1.807, 2.05) is 65.5 Å². The van der Waals surface area contributed by atoms with Crippen molar-refractivity contribution in [3.63, 3.8) is 0 Å². The van der Waals surface area contributed by atoms with E-state index >= 15 is 0 Å². The number of methoxy groups -OCH3 is 1. The summed E-state index contributed by atoms with van der Waals surface area (Å²) in [5.41, 5.74) is 2.90. The number of nitrogens with one attached hydrogen (secondary N) is 2. The van der Waals surface area contributed by atoms with Gasteiger partial charge in [-0.25, -0.2) is 0 Å². The summed E-state index contributed by atoms with van der Waals surface area (Å²) < 4.78 is 7.09. The maximum absolute atomic E-state index is 5.31. The van der Waals surface area contributed by atoms with Crippen LogP contribution < -0.4 is 15.4 Å². The minimum Gasteiger partial charge on any atom is -0.497 e. The fraction of sp³-hybridized carbons (Fsp3) is 0.111. The van der Waals surface area contributed by atoms with Gasteiger partial charge in [-0.15, -0.1) is 0 Å². The van der Waals surface area contributed by atoms with Crippen LogP contribution in [0.5, 0.6) is 5.75 Å². The highest BCUT2D eigenvalue weighted by Gasteiger charge is 2.03. The summed E-state index contributed by atoms with van der Waals surface area (Å²) in [6, 6.07) is 17.7. The fourth-order valence-corrected chi connectivity index (χ4v) is 2.52. The first kappa shape index (κ1) is 16.0. The second-order valence-corrected chi connectivity index (χ2v) is 5.63. The molecular weight excluding hydrogens is 320 g/mol. The van der Waals surface area contributed by atoms with Gasteiger partial charge in [0.2, 0.25) is 0 Å². The molecule has 1 heterocycles. The molecule has 0 radical (unpaired) electrons. The standard InChI is InChI=1S/C18H18N4OS/c1-23-17-9-5-6-14(10-17)12-22-13-16(11-19-22)21-18(24)20-15-7-3-2-4-8-15/h2-11,13H,12H2,1H3,(H2,20,21,24). The third-order valence-electron chi connectivity index (χ3n) is 3.40. The first-order valence-corrected chi connectivity index (χ1v) is 7.92. The van der Waals surface area contributed by atoms with Gasteiger partial charge in [-0.3, -0.25) is 4.68 Å². The summed E-state index contributed by atoms with van der Waals surface area (Å²) >= 11 is 5.31. The van der Waals surface area contributed by atoms with Crippen molar-refractivity contribution in [2.24, 2.45) is 0 Å². The Hall–Kier alpha value is -2.86. The van der Waals surface area contributed by atoms with Crippen LogP contribution in [0.4, 0.5) is 11.4 Å². The zero-order chi connectivity index (χ0) is 16.8. The van der Waals surface area contributed by atoms with E-state index < -0.39 is 0 Å². The molecule has 0 saturated heterocycles. The van der Waals surface area contributed by atoms with Gasteiger partial charge in [0.05, 0.1) is 25.5 Å². The van der Waals surface area contributed by atoms with Crippen molar-refractivity contribution >= 4 is 28.7 Å². The molecule has 3 rings (SSSR count). The van der Waals surface area contributed by atoms with Gasteiger partial charge in [0.15, 0.2) is 5.11 Å². The molecule has 3 aromatic rings. The number of aromatic nitrogens is 2. The minimum absolute atomic E-state index is 0.530. The summed E-state index contributed by atoms with van der Waals surface area (Å²) in [4.78, 5) is 0. The lowest BCUT2D eigenvalue weighted by atomic mass is 10.2. The van der Waals surface area contributed by atoms with Crippen molar-refractivity contribution in [2.75, 3.05) is 17.7 Å². The lowest BCUT2D eigenvalue weighted by molar-refractivity contribution is 0.414. The predicted molar refractivity (Wildman–Crippen MR) is 101 cm³/mol. The number of para-hydroxylation sites is 1. The lowest BCUT2D eigenvalue weighted by Crippen LogP contribution is -2.18. The van der Waals surface area contributed by atoms with Crippen LogP contribution in [0.25, 0.3) is 0 Å². The first-order valence-electron chi connectivity index (χ1n) is 7.51. The van der Waals surface area contributed by atoms with E-state index in [0.717, 1.165) is 22.7 Å². The topological polar surface area (TPSA) is 51.1 Å². The van der Waals surface area contributed by atoms with Crippen LogP contribution in [0, 0.1) is 0 Å². The molecule has 122 valence electrons. The molecule has 24 heavy (non-hydrogen) atoms. The van der Waals surface area contributed by atoms with Crippen molar-refractivity contribution in [1.29, 1.82) is 0 Å². The summed E-state index contributed by atoms with van der Waals surface area (Å²) in [7, 11) is 1.66. The second kappa shape index (κ2) is 7.61. The highest BCUT2D eigenvalue weighted by atomic mass is 32.1. The Morgan fingerprint density at radius 1 is 1.08 bits per heavy atom. The number of hydrogen-bond donors (Lipinski definition) is 2. The first-order chi connectivity index (χ1) is 11.7. The van der Waals surface area contributed by atoms with Gasteiger partial charge < -0.3 is 15.4 Å². The van der Waals surface area contributed by atoms with Crippen molar-refractivity contribution in [3.8, 4) is 5.75 Å². The molecule has 0 spiro atoms. The van der Waals surface area contributed by atoms with Crippen molar-refractivity contribution < 1.29 is 4.74 Å². The van der Waals surface area contributed by atoms with Gasteiger partial charge in [-0.05, 0) is 42.0 Å². The maximum atomic E-state index is 5.31. The summed E-state index contributed by atoms with van der Waals surface area (Å²) in [5, 5.41) is 11.1. The molecule has 0 saturated carbocycles. The highest BCUT2D eigenvalue weighted by Crippen LogP contribution is 2.15. The lowest BCUT2D eigenvalue weighted by Gasteiger charge is -2.08. The fourth-order valence-electron chi connectivity index (χ4n) is 2.29. The van der Waals surface area contributed by atoms with Crippen LogP contribution in [-0.4, -0.2) is 22.0 Å². The second-order valence-electron chi connectivity index (χ2n) is 5.22. The molecule has 0 aliphatic carbocycles. The van der Waals surface area contributed by atoms with Crippen LogP contribution in [-0.2, 0) is 6.54 Å². The number of hydrogen-bond acceptors (Lipinski definition) is 3. The maximum Gasteiger partial charge on any atom is 0.175 e. The molecule has 1 aromatic heterocycles. The summed E-state index contributed by atoms with van der Waals surface area (Å²) in [5.74, 6) is 0.839. The van der Waals surface area contributed by atoms with Crippen molar-refractivity contribution in [3.05, 3.63) is 72.6 Å². The van der Waals surface area contributed by atoms with E-state index in [1.165, 1.54) is 0 Å². The Morgan fingerprint density at radius 3 is 2.67 bits per heavy atom. The Morgan fingerprint density at radius 2 is 1.88 bits per heavy atom. The molecule has 0 bridgehead atoms. The molecule has 2 N–H and O–H groups in total. The van der Waals surface area contributed by atoms with Gasteiger partial charge in [0.25, 0.3) is 0 Å². The Labute approximate surface area is 146 Å². The monoisotopic (exact) mass is 338 g/mol. The molecule has 0 aliphatic rings. The predicted octanol–water partition coefficient (Wildman–Crippen LogP) is 3.75. The zero-order valence-corrected chi connectivity index (χ0v) is 14.1. The Balaban J connectivity index is 1.60. The van der Waals surface area contributed by atoms with Gasteiger partial charge in [-0.1, -0.05) is 30.3 Å². The van der Waals surface area contributed by atoms with E-state index in [9.17, 15) is 0 Å². The molecule has 0 amide bonds. The molecular formula is C18H18N4OS. The Kier molecular flexibility index (Phi) is 5.08. The van der Waals surface area contributed by atoms with Crippen LogP contribution in [0.3, 0.4) is 0 Å². The molecule has 0 fully saturated rings. The average molecular weight is 338 g/mol. The van der Waals surface area contributed by atoms with Gasteiger partial charge in [-0.2, -0.15) is 5.10 Å². The van der Waals surface area contributed by atoms with Gasteiger partial charge >= 0.3 is 0 Å². The minimum atomic E-state index is 0.530. The van der Waals surface area contributed by atoms with Crippen molar-refractivity contribution in [2.45, 2.75) is 6.54 Å². The quantitative estimate of drug-likeness (QED) is 0.694. The number of anilines is 2. The number of thiocarbonyl (C=S) groups is 1. The van der Waals surface area contributed by atoms with E-state index in [2.05, 4.69) is 15.7 Å². The Bertz CT molecular complexity index is 817. The number of nitrogens with zero attached hydrogens (tertiary/aromatic N) is 2. The van der Waals surface area contributed by atoms with E-state index in [0.29, 0.717) is 11.7 Å². The summed E-state index contributed by atoms with van der Waals surface area (Å²) in [6.45, 7) is 0.664.